The third kappa shape index (κ3) is 5.47. The predicted molar refractivity (Wildman–Crippen MR) is 126 cm³/mol. The largest absolute Gasteiger partial charge is 0.371 e. The smallest absolute Gasteiger partial charge is 0.253 e. The SMILES string of the molecule is CC1CCCN(C(=O)c2ccc3c(c2)NC(=O)C(CS(=O)(=O)Cc2ccc(F)cc2Cl)N3)C1. The Balaban J connectivity index is 1.46. The number of carbonyl (C=O) groups excluding carboxylic acids is 2. The molecular weight excluding hydrogens is 469 g/mol. The first-order chi connectivity index (χ1) is 15.6. The first kappa shape index (κ1) is 23.5. The Bertz CT molecular complexity index is 1200. The van der Waals surface area contributed by atoms with E-state index in [0.29, 0.717) is 35.9 Å². The van der Waals surface area contributed by atoms with E-state index < -0.39 is 39.1 Å². The van der Waals surface area contributed by atoms with E-state index in [1.807, 2.05) is 4.90 Å². The van der Waals surface area contributed by atoms with Crippen LogP contribution in [0.4, 0.5) is 15.8 Å². The number of benzene rings is 2. The number of nitrogens with one attached hydrogen (secondary N) is 2. The minimum Gasteiger partial charge on any atom is -0.371 e. The minimum absolute atomic E-state index is 0.0188. The van der Waals surface area contributed by atoms with Gasteiger partial charge in [0.05, 0.1) is 22.9 Å². The summed E-state index contributed by atoms with van der Waals surface area (Å²) in [6.07, 6.45) is 2.07. The number of rotatable bonds is 5. The fourth-order valence-electron chi connectivity index (χ4n) is 4.24. The molecule has 4 rings (SSSR count). The van der Waals surface area contributed by atoms with E-state index in [1.54, 1.807) is 18.2 Å². The van der Waals surface area contributed by atoms with Crippen LogP contribution in [0.15, 0.2) is 36.4 Å². The molecule has 7 nitrogen and oxygen atoms in total. The average Bonchev–Trinajstić information content (AvgIpc) is 2.75. The number of hydrogen-bond donors (Lipinski definition) is 2. The molecule has 2 aliphatic rings. The Morgan fingerprint density at radius 2 is 2.00 bits per heavy atom. The van der Waals surface area contributed by atoms with Gasteiger partial charge in [-0.3, -0.25) is 9.59 Å². The highest BCUT2D eigenvalue weighted by Gasteiger charge is 2.31. The average molecular weight is 494 g/mol. The molecule has 176 valence electrons. The Labute approximate surface area is 197 Å². The van der Waals surface area contributed by atoms with Gasteiger partial charge in [-0.2, -0.15) is 0 Å². The van der Waals surface area contributed by atoms with Gasteiger partial charge < -0.3 is 15.5 Å². The topological polar surface area (TPSA) is 95.6 Å². The summed E-state index contributed by atoms with van der Waals surface area (Å²) in [5.41, 5.74) is 1.72. The molecule has 0 radical (unpaired) electrons. The summed E-state index contributed by atoms with van der Waals surface area (Å²) in [5.74, 6) is -1.57. The van der Waals surface area contributed by atoms with Gasteiger partial charge in [-0.05, 0) is 54.7 Å². The molecule has 2 heterocycles. The highest BCUT2D eigenvalue weighted by Crippen LogP contribution is 2.30. The summed E-state index contributed by atoms with van der Waals surface area (Å²) < 4.78 is 38.6. The van der Waals surface area contributed by atoms with Gasteiger partial charge in [-0.15, -0.1) is 0 Å². The molecule has 0 aliphatic carbocycles. The van der Waals surface area contributed by atoms with Crippen LogP contribution in [0.2, 0.25) is 5.02 Å². The van der Waals surface area contributed by atoms with Crippen LogP contribution in [0.3, 0.4) is 0 Å². The normalized spacial score (nSPS) is 20.6. The Kier molecular flexibility index (Phi) is 6.63. The molecule has 33 heavy (non-hydrogen) atoms. The number of hydrogen-bond acceptors (Lipinski definition) is 5. The van der Waals surface area contributed by atoms with Crippen LogP contribution in [0.1, 0.15) is 35.7 Å². The molecular formula is C23H25ClFN3O4S. The minimum atomic E-state index is -3.74. The number of carbonyl (C=O) groups is 2. The third-order valence-corrected chi connectivity index (χ3v) is 7.87. The molecule has 2 aromatic carbocycles. The molecule has 0 spiro atoms. The zero-order chi connectivity index (χ0) is 23.8. The van der Waals surface area contributed by atoms with Crippen LogP contribution >= 0.6 is 11.6 Å². The first-order valence-electron chi connectivity index (χ1n) is 10.8. The Morgan fingerprint density at radius 1 is 1.21 bits per heavy atom. The van der Waals surface area contributed by atoms with Crippen molar-refractivity contribution in [1.29, 1.82) is 0 Å². The van der Waals surface area contributed by atoms with Crippen molar-refractivity contribution in [3.8, 4) is 0 Å². The van der Waals surface area contributed by atoms with Gasteiger partial charge in [0.25, 0.3) is 5.91 Å². The van der Waals surface area contributed by atoms with Crippen LogP contribution in [0.5, 0.6) is 0 Å². The lowest BCUT2D eigenvalue weighted by Crippen LogP contribution is -2.44. The third-order valence-electron chi connectivity index (χ3n) is 5.93. The molecule has 2 aromatic rings. The van der Waals surface area contributed by atoms with Gasteiger partial charge in [0.1, 0.15) is 11.9 Å². The number of fused-ring (bicyclic) bond motifs is 1. The van der Waals surface area contributed by atoms with Crippen LogP contribution in [-0.4, -0.2) is 50.0 Å². The molecule has 2 atom stereocenters. The zero-order valence-electron chi connectivity index (χ0n) is 18.1. The van der Waals surface area contributed by atoms with Crippen molar-refractivity contribution in [1.82, 2.24) is 4.90 Å². The zero-order valence-corrected chi connectivity index (χ0v) is 19.7. The Morgan fingerprint density at radius 3 is 2.73 bits per heavy atom. The fourth-order valence-corrected chi connectivity index (χ4v) is 6.14. The second-order valence-electron chi connectivity index (χ2n) is 8.74. The van der Waals surface area contributed by atoms with Gasteiger partial charge in [-0.25, -0.2) is 12.8 Å². The van der Waals surface area contributed by atoms with Gasteiger partial charge >= 0.3 is 0 Å². The standard InChI is InChI=1S/C23H25ClFN3O4S/c1-14-3-2-8-28(11-14)23(30)15-5-7-19-20(9-15)27-22(29)21(26-19)13-33(31,32)12-16-4-6-17(25)10-18(16)24/h4-7,9-10,14,21,26H,2-3,8,11-13H2,1H3,(H,27,29). The van der Waals surface area contributed by atoms with Gasteiger partial charge in [0.2, 0.25) is 5.91 Å². The fraction of sp³-hybridized carbons (Fsp3) is 0.391. The number of piperidine rings is 1. The molecule has 1 fully saturated rings. The summed E-state index contributed by atoms with van der Waals surface area (Å²) in [7, 11) is -3.74. The maximum Gasteiger partial charge on any atom is 0.253 e. The molecule has 10 heteroatoms. The van der Waals surface area contributed by atoms with Gasteiger partial charge in [0.15, 0.2) is 9.84 Å². The number of likely N-dealkylation sites (tertiary alicyclic amines) is 1. The van der Waals surface area contributed by atoms with E-state index in [2.05, 4.69) is 17.6 Å². The van der Waals surface area contributed by atoms with Crippen molar-refractivity contribution in [3.05, 3.63) is 58.4 Å². The van der Waals surface area contributed by atoms with Crippen LogP contribution < -0.4 is 10.6 Å². The second-order valence-corrected chi connectivity index (χ2v) is 11.3. The number of sulfone groups is 1. The van der Waals surface area contributed by atoms with Crippen molar-refractivity contribution >= 4 is 44.6 Å². The van der Waals surface area contributed by atoms with Gasteiger partial charge in [0, 0.05) is 23.7 Å². The van der Waals surface area contributed by atoms with Crippen molar-refractivity contribution in [2.45, 2.75) is 31.6 Å². The van der Waals surface area contributed by atoms with E-state index in [0.717, 1.165) is 25.0 Å². The predicted octanol–water partition coefficient (Wildman–Crippen LogP) is 3.70. The molecule has 0 saturated carbocycles. The summed E-state index contributed by atoms with van der Waals surface area (Å²) >= 11 is 5.95. The monoisotopic (exact) mass is 493 g/mol. The molecule has 2 amide bonds. The molecule has 2 aliphatic heterocycles. The van der Waals surface area contributed by atoms with Crippen LogP contribution in [0, 0.1) is 11.7 Å². The maximum absolute atomic E-state index is 13.2. The lowest BCUT2D eigenvalue weighted by Gasteiger charge is -2.31. The van der Waals surface area contributed by atoms with E-state index in [1.165, 1.54) is 6.07 Å². The van der Waals surface area contributed by atoms with Crippen molar-refractivity contribution in [3.63, 3.8) is 0 Å². The highest BCUT2D eigenvalue weighted by atomic mass is 35.5. The van der Waals surface area contributed by atoms with Crippen molar-refractivity contribution in [2.24, 2.45) is 5.92 Å². The van der Waals surface area contributed by atoms with Gasteiger partial charge in [-0.1, -0.05) is 24.6 Å². The van der Waals surface area contributed by atoms with E-state index in [4.69, 9.17) is 11.6 Å². The van der Waals surface area contributed by atoms with E-state index in [-0.39, 0.29) is 16.5 Å². The molecule has 2 N–H and O–H groups in total. The molecule has 2 unspecified atom stereocenters. The van der Waals surface area contributed by atoms with Crippen molar-refractivity contribution < 1.29 is 22.4 Å². The first-order valence-corrected chi connectivity index (χ1v) is 13.0. The Hall–Kier alpha value is -2.65. The molecule has 0 aromatic heterocycles. The summed E-state index contributed by atoms with van der Waals surface area (Å²) in [6.45, 7) is 3.54. The lowest BCUT2D eigenvalue weighted by atomic mass is 9.99. The highest BCUT2D eigenvalue weighted by molar-refractivity contribution is 7.90. The number of nitrogens with zero attached hydrogens (tertiary/aromatic N) is 1. The van der Waals surface area contributed by atoms with Crippen LogP contribution in [0.25, 0.3) is 0 Å². The van der Waals surface area contributed by atoms with E-state index in [9.17, 15) is 22.4 Å². The number of amides is 2. The van der Waals surface area contributed by atoms with Crippen molar-refractivity contribution in [2.75, 3.05) is 29.5 Å². The second kappa shape index (κ2) is 9.30. The number of anilines is 2. The maximum atomic E-state index is 13.2. The molecule has 0 bridgehead atoms. The van der Waals surface area contributed by atoms with Crippen LogP contribution in [-0.2, 0) is 20.4 Å². The molecule has 1 saturated heterocycles. The van der Waals surface area contributed by atoms with E-state index >= 15 is 0 Å². The summed E-state index contributed by atoms with van der Waals surface area (Å²) in [6, 6.07) is 7.47. The lowest BCUT2D eigenvalue weighted by molar-refractivity contribution is -0.116. The summed E-state index contributed by atoms with van der Waals surface area (Å²) in [5, 5.41) is 5.68. The summed E-state index contributed by atoms with van der Waals surface area (Å²) in [4.78, 5) is 27.3. The number of halogens is 2. The quantitative estimate of drug-likeness (QED) is 0.662.